The molecule has 1 N–H and O–H groups in total. The van der Waals surface area contributed by atoms with Gasteiger partial charge in [-0.25, -0.2) is 0 Å². The Bertz CT molecular complexity index is 484. The van der Waals surface area contributed by atoms with Crippen molar-refractivity contribution in [2.45, 2.75) is 13.8 Å². The average molecular weight is 311 g/mol. The van der Waals surface area contributed by atoms with Gasteiger partial charge in [-0.15, -0.1) is 11.3 Å². The molecule has 0 bridgehead atoms. The Hall–Kier alpha value is -1.89. The zero-order valence-corrected chi connectivity index (χ0v) is 13.4. The molecule has 0 atom stereocenters. The third kappa shape index (κ3) is 5.18. The second kappa shape index (κ2) is 8.41. The third-order valence-electron chi connectivity index (χ3n) is 3.06. The Morgan fingerprint density at radius 3 is 2.38 bits per heavy atom. The zero-order chi connectivity index (χ0) is 15.8. The average Bonchev–Trinajstić information content (AvgIpc) is 2.99. The Balaban J connectivity index is 2.41. The van der Waals surface area contributed by atoms with Gasteiger partial charge in [0.25, 0.3) is 5.91 Å². The second-order valence-electron chi connectivity index (χ2n) is 4.48. The number of thiophene rings is 1. The molecule has 0 aliphatic rings. The van der Waals surface area contributed by atoms with E-state index in [4.69, 9.17) is 0 Å². The summed E-state index contributed by atoms with van der Waals surface area (Å²) in [7, 11) is 1.56. The van der Waals surface area contributed by atoms with Crippen LogP contribution in [0.5, 0.6) is 0 Å². The number of carbonyl (C=O) groups excluding carboxylic acids is 3. The van der Waals surface area contributed by atoms with Crippen LogP contribution >= 0.6 is 11.3 Å². The molecule has 0 aliphatic heterocycles. The summed E-state index contributed by atoms with van der Waals surface area (Å²) in [4.78, 5) is 39.0. The van der Waals surface area contributed by atoms with Gasteiger partial charge in [-0.3, -0.25) is 14.4 Å². The van der Waals surface area contributed by atoms with Crippen molar-refractivity contribution in [2.75, 3.05) is 33.2 Å². The normalized spacial score (nSPS) is 10.0. The molecule has 1 rings (SSSR count). The van der Waals surface area contributed by atoms with Gasteiger partial charge >= 0.3 is 0 Å². The fourth-order valence-electron chi connectivity index (χ4n) is 1.75. The van der Waals surface area contributed by atoms with Gasteiger partial charge in [-0.1, -0.05) is 6.07 Å². The Morgan fingerprint density at radius 2 is 1.86 bits per heavy atom. The number of rotatable bonds is 7. The number of carbonyl (C=O) groups is 3. The number of nitrogens with zero attached hydrogens (tertiary/aromatic N) is 2. The van der Waals surface area contributed by atoms with Gasteiger partial charge in [-0.2, -0.15) is 0 Å². The van der Waals surface area contributed by atoms with E-state index in [1.165, 1.54) is 16.2 Å². The van der Waals surface area contributed by atoms with E-state index in [1.807, 2.05) is 13.8 Å². The lowest BCUT2D eigenvalue weighted by Crippen LogP contribution is -2.44. The Labute approximate surface area is 128 Å². The first-order valence-electron chi connectivity index (χ1n) is 6.83. The van der Waals surface area contributed by atoms with Crippen molar-refractivity contribution in [2.24, 2.45) is 0 Å². The van der Waals surface area contributed by atoms with Gasteiger partial charge in [0.15, 0.2) is 0 Å². The number of hydrogen-bond acceptors (Lipinski definition) is 4. The van der Waals surface area contributed by atoms with Crippen LogP contribution in [0.2, 0.25) is 0 Å². The van der Waals surface area contributed by atoms with Crippen LogP contribution in [0, 0.1) is 0 Å². The summed E-state index contributed by atoms with van der Waals surface area (Å²) < 4.78 is 0. The van der Waals surface area contributed by atoms with Crippen molar-refractivity contribution in [3.63, 3.8) is 0 Å². The predicted octanol–water partition coefficient (Wildman–Crippen LogP) is 0.805. The molecule has 1 aromatic rings. The third-order valence-corrected chi connectivity index (χ3v) is 3.93. The fraction of sp³-hybridized carbons (Fsp3) is 0.500. The summed E-state index contributed by atoms with van der Waals surface area (Å²) in [5.74, 6) is -0.664. The van der Waals surface area contributed by atoms with Crippen molar-refractivity contribution in [1.29, 1.82) is 0 Å². The number of hydrogen-bond donors (Lipinski definition) is 1. The zero-order valence-electron chi connectivity index (χ0n) is 12.6. The minimum Gasteiger partial charge on any atom is -0.342 e. The van der Waals surface area contributed by atoms with Gasteiger partial charge in [0.1, 0.15) is 0 Å². The van der Waals surface area contributed by atoms with Gasteiger partial charge in [-0.05, 0) is 25.3 Å². The SMILES string of the molecule is CCN(CC)C(=O)CN(C)C(=O)CNC(=O)c1cccs1. The van der Waals surface area contributed by atoms with E-state index < -0.39 is 0 Å². The van der Waals surface area contributed by atoms with Crippen LogP contribution in [0.4, 0.5) is 0 Å². The molecule has 0 radical (unpaired) electrons. The standard InChI is InChI=1S/C14H21N3O3S/c1-4-17(5-2)13(19)10-16(3)12(18)9-15-14(20)11-7-6-8-21-11/h6-8H,4-5,9-10H2,1-3H3,(H,15,20). The maximum atomic E-state index is 11.9. The first kappa shape index (κ1) is 17.2. The Morgan fingerprint density at radius 1 is 1.19 bits per heavy atom. The van der Waals surface area contributed by atoms with Crippen LogP contribution in [-0.2, 0) is 9.59 Å². The number of nitrogens with one attached hydrogen (secondary N) is 1. The largest absolute Gasteiger partial charge is 0.342 e. The molecule has 21 heavy (non-hydrogen) atoms. The van der Waals surface area contributed by atoms with Crippen LogP contribution in [0.3, 0.4) is 0 Å². The van der Waals surface area contributed by atoms with E-state index in [0.29, 0.717) is 18.0 Å². The molecule has 6 nitrogen and oxygen atoms in total. The lowest BCUT2D eigenvalue weighted by molar-refractivity contribution is -0.138. The summed E-state index contributed by atoms with van der Waals surface area (Å²) >= 11 is 1.31. The summed E-state index contributed by atoms with van der Waals surface area (Å²) in [6.07, 6.45) is 0. The number of amides is 3. The molecular weight excluding hydrogens is 290 g/mol. The molecule has 7 heteroatoms. The van der Waals surface area contributed by atoms with E-state index in [-0.39, 0.29) is 30.8 Å². The molecule has 116 valence electrons. The first-order valence-corrected chi connectivity index (χ1v) is 7.71. The highest BCUT2D eigenvalue weighted by Crippen LogP contribution is 2.07. The van der Waals surface area contributed by atoms with Crippen molar-refractivity contribution >= 4 is 29.1 Å². The van der Waals surface area contributed by atoms with Crippen molar-refractivity contribution in [1.82, 2.24) is 15.1 Å². The summed E-state index contributed by atoms with van der Waals surface area (Å²) in [6, 6.07) is 3.47. The molecule has 3 amide bonds. The van der Waals surface area contributed by atoms with Gasteiger partial charge in [0.05, 0.1) is 18.0 Å². The lowest BCUT2D eigenvalue weighted by atomic mass is 10.4. The summed E-state index contributed by atoms with van der Waals surface area (Å²) in [5.41, 5.74) is 0. The van der Waals surface area contributed by atoms with Crippen LogP contribution in [0.15, 0.2) is 17.5 Å². The minimum absolute atomic E-state index is 0.0232. The monoisotopic (exact) mass is 311 g/mol. The highest BCUT2D eigenvalue weighted by molar-refractivity contribution is 7.12. The van der Waals surface area contributed by atoms with E-state index in [0.717, 1.165) is 0 Å². The number of likely N-dealkylation sites (N-methyl/N-ethyl adjacent to an activating group) is 2. The van der Waals surface area contributed by atoms with Gasteiger partial charge in [0.2, 0.25) is 11.8 Å². The van der Waals surface area contributed by atoms with Crippen LogP contribution in [-0.4, -0.2) is 60.7 Å². The molecule has 0 spiro atoms. The van der Waals surface area contributed by atoms with Crippen molar-refractivity contribution < 1.29 is 14.4 Å². The summed E-state index contributed by atoms with van der Waals surface area (Å²) in [5, 5.41) is 4.35. The molecule has 0 saturated carbocycles. The van der Waals surface area contributed by atoms with E-state index >= 15 is 0 Å². The first-order chi connectivity index (χ1) is 9.99. The van der Waals surface area contributed by atoms with Crippen LogP contribution < -0.4 is 5.32 Å². The lowest BCUT2D eigenvalue weighted by Gasteiger charge is -2.23. The van der Waals surface area contributed by atoms with Crippen molar-refractivity contribution in [3.8, 4) is 0 Å². The molecule has 0 fully saturated rings. The molecule has 1 aromatic heterocycles. The maximum absolute atomic E-state index is 11.9. The molecule has 0 aliphatic carbocycles. The quantitative estimate of drug-likeness (QED) is 0.810. The minimum atomic E-state index is -0.291. The second-order valence-corrected chi connectivity index (χ2v) is 5.42. The van der Waals surface area contributed by atoms with Crippen LogP contribution in [0.1, 0.15) is 23.5 Å². The van der Waals surface area contributed by atoms with Crippen LogP contribution in [0.25, 0.3) is 0 Å². The topological polar surface area (TPSA) is 69.7 Å². The van der Waals surface area contributed by atoms with E-state index in [9.17, 15) is 14.4 Å². The highest BCUT2D eigenvalue weighted by atomic mass is 32.1. The molecular formula is C14H21N3O3S. The van der Waals surface area contributed by atoms with E-state index in [2.05, 4.69) is 5.32 Å². The molecule has 0 saturated heterocycles. The van der Waals surface area contributed by atoms with Gasteiger partial charge in [0, 0.05) is 20.1 Å². The summed E-state index contributed by atoms with van der Waals surface area (Å²) in [6.45, 7) is 4.93. The predicted molar refractivity (Wildman–Crippen MR) is 82.2 cm³/mol. The molecule has 0 aromatic carbocycles. The smallest absolute Gasteiger partial charge is 0.261 e. The van der Waals surface area contributed by atoms with Crippen molar-refractivity contribution in [3.05, 3.63) is 22.4 Å². The van der Waals surface area contributed by atoms with E-state index in [1.54, 1.807) is 29.5 Å². The highest BCUT2D eigenvalue weighted by Gasteiger charge is 2.17. The van der Waals surface area contributed by atoms with Gasteiger partial charge < -0.3 is 15.1 Å². The fourth-order valence-corrected chi connectivity index (χ4v) is 2.39. The Kier molecular flexibility index (Phi) is 6.87. The molecule has 1 heterocycles. The maximum Gasteiger partial charge on any atom is 0.261 e. The molecule has 0 unspecified atom stereocenters.